The molecule has 0 aliphatic carbocycles. The standard InChI is InChI=1S/C21H26N6O4/c1-6-8-9-30-20-19-24-13(3)12-27(19)26-18(25-20)15-10-16(23-11-17(15)29-5)14(4)31-21(28)22-7-2/h6,10-12,14H,1,7-9H2,2-5H3,(H,22,28)/t14-/m1/s1. The number of carbonyl (C=O) groups is 1. The van der Waals surface area contributed by atoms with Gasteiger partial charge in [-0.1, -0.05) is 6.08 Å². The topological polar surface area (TPSA) is 113 Å². The summed E-state index contributed by atoms with van der Waals surface area (Å²) < 4.78 is 18.3. The first kappa shape index (κ1) is 22.0. The van der Waals surface area contributed by atoms with Crippen LogP contribution in [-0.2, 0) is 4.74 Å². The third-order valence-corrected chi connectivity index (χ3v) is 4.34. The lowest BCUT2D eigenvalue weighted by molar-refractivity contribution is 0.105. The van der Waals surface area contributed by atoms with Gasteiger partial charge in [0.05, 0.1) is 43.1 Å². The number of nitrogens with one attached hydrogen (secondary N) is 1. The molecule has 3 aromatic heterocycles. The molecule has 0 radical (unpaired) electrons. The highest BCUT2D eigenvalue weighted by molar-refractivity contribution is 5.68. The zero-order valence-corrected chi connectivity index (χ0v) is 18.1. The second-order valence-electron chi connectivity index (χ2n) is 6.70. The van der Waals surface area contributed by atoms with Gasteiger partial charge >= 0.3 is 6.09 Å². The highest BCUT2D eigenvalue weighted by Gasteiger charge is 2.20. The van der Waals surface area contributed by atoms with Gasteiger partial charge in [-0.15, -0.1) is 11.7 Å². The number of aryl methyl sites for hydroxylation is 1. The number of imidazole rings is 1. The zero-order valence-electron chi connectivity index (χ0n) is 18.1. The Morgan fingerprint density at radius 2 is 2.19 bits per heavy atom. The summed E-state index contributed by atoms with van der Waals surface area (Å²) in [7, 11) is 1.54. The quantitative estimate of drug-likeness (QED) is 0.410. The molecule has 0 unspecified atom stereocenters. The SMILES string of the molecule is C=CCCOc1nc(-c2cc([C@@H](C)OC(=O)NCC)ncc2OC)nn2cc(C)nc12. The maximum atomic E-state index is 11.8. The fourth-order valence-electron chi connectivity index (χ4n) is 2.85. The van der Waals surface area contributed by atoms with Crippen LogP contribution in [0.15, 0.2) is 31.1 Å². The van der Waals surface area contributed by atoms with E-state index in [2.05, 4.69) is 31.9 Å². The maximum Gasteiger partial charge on any atom is 0.407 e. The maximum absolute atomic E-state index is 11.8. The Bertz CT molecular complexity index is 1080. The van der Waals surface area contributed by atoms with Gasteiger partial charge in [0, 0.05) is 6.54 Å². The van der Waals surface area contributed by atoms with Gasteiger partial charge in [-0.05, 0) is 33.3 Å². The number of rotatable bonds is 9. The van der Waals surface area contributed by atoms with Crippen molar-refractivity contribution in [1.29, 1.82) is 0 Å². The minimum absolute atomic E-state index is 0.354. The Morgan fingerprint density at radius 1 is 1.39 bits per heavy atom. The van der Waals surface area contributed by atoms with Crippen LogP contribution in [0.5, 0.6) is 11.6 Å². The lowest BCUT2D eigenvalue weighted by atomic mass is 10.1. The van der Waals surface area contributed by atoms with Gasteiger partial charge in [-0.2, -0.15) is 4.98 Å². The van der Waals surface area contributed by atoms with Crippen LogP contribution in [0.4, 0.5) is 4.79 Å². The first-order valence-electron chi connectivity index (χ1n) is 9.93. The molecular formula is C21H26N6O4. The van der Waals surface area contributed by atoms with Crippen molar-refractivity contribution < 1.29 is 19.0 Å². The van der Waals surface area contributed by atoms with Gasteiger partial charge in [0.25, 0.3) is 5.88 Å². The van der Waals surface area contributed by atoms with E-state index in [1.54, 1.807) is 36.0 Å². The first-order valence-corrected chi connectivity index (χ1v) is 9.93. The highest BCUT2D eigenvalue weighted by Crippen LogP contribution is 2.31. The molecule has 10 nitrogen and oxygen atoms in total. The number of hydrogen-bond donors (Lipinski definition) is 1. The Hall–Kier alpha value is -3.69. The zero-order chi connectivity index (χ0) is 22.4. The second kappa shape index (κ2) is 9.88. The molecule has 0 bridgehead atoms. The van der Waals surface area contributed by atoms with E-state index in [1.165, 1.54) is 7.11 Å². The van der Waals surface area contributed by atoms with Gasteiger partial charge in [-0.3, -0.25) is 4.98 Å². The normalized spacial score (nSPS) is 11.7. The van der Waals surface area contributed by atoms with Crippen molar-refractivity contribution in [2.45, 2.75) is 33.3 Å². The monoisotopic (exact) mass is 426 g/mol. The molecule has 164 valence electrons. The van der Waals surface area contributed by atoms with E-state index >= 15 is 0 Å². The van der Waals surface area contributed by atoms with Gasteiger partial charge < -0.3 is 19.5 Å². The smallest absolute Gasteiger partial charge is 0.407 e. The van der Waals surface area contributed by atoms with Crippen LogP contribution >= 0.6 is 0 Å². The number of nitrogens with zero attached hydrogens (tertiary/aromatic N) is 5. The summed E-state index contributed by atoms with van der Waals surface area (Å²) in [6.07, 6.45) is 4.67. The van der Waals surface area contributed by atoms with E-state index in [0.29, 0.717) is 53.9 Å². The van der Waals surface area contributed by atoms with Crippen molar-refractivity contribution in [3.8, 4) is 23.0 Å². The molecule has 3 rings (SSSR count). The number of fused-ring (bicyclic) bond motifs is 1. The van der Waals surface area contributed by atoms with Crippen molar-refractivity contribution in [3.05, 3.63) is 42.5 Å². The molecule has 0 saturated heterocycles. The van der Waals surface area contributed by atoms with Crippen LogP contribution in [0.25, 0.3) is 17.0 Å². The van der Waals surface area contributed by atoms with E-state index in [-0.39, 0.29) is 0 Å². The van der Waals surface area contributed by atoms with Crippen LogP contribution in [0.3, 0.4) is 0 Å². The molecule has 1 N–H and O–H groups in total. The van der Waals surface area contributed by atoms with Crippen molar-refractivity contribution in [2.24, 2.45) is 0 Å². The van der Waals surface area contributed by atoms with E-state index in [0.717, 1.165) is 5.69 Å². The Kier molecular flexibility index (Phi) is 7.01. The summed E-state index contributed by atoms with van der Waals surface area (Å²) in [5, 5.41) is 7.17. The molecular weight excluding hydrogens is 400 g/mol. The van der Waals surface area contributed by atoms with Crippen LogP contribution in [0, 0.1) is 6.92 Å². The number of alkyl carbamates (subject to hydrolysis) is 1. The van der Waals surface area contributed by atoms with E-state index < -0.39 is 12.2 Å². The Labute approximate surface area is 180 Å². The molecule has 0 saturated carbocycles. The molecule has 1 amide bonds. The van der Waals surface area contributed by atoms with Crippen LogP contribution in [0.1, 0.15) is 37.8 Å². The third kappa shape index (κ3) is 5.08. The molecule has 3 heterocycles. The number of hydrogen-bond acceptors (Lipinski definition) is 8. The van der Waals surface area contributed by atoms with Crippen molar-refractivity contribution in [2.75, 3.05) is 20.3 Å². The van der Waals surface area contributed by atoms with Crippen molar-refractivity contribution in [3.63, 3.8) is 0 Å². The van der Waals surface area contributed by atoms with Crippen LogP contribution in [0.2, 0.25) is 0 Å². The first-order chi connectivity index (χ1) is 15.0. The highest BCUT2D eigenvalue weighted by atomic mass is 16.6. The molecule has 3 aromatic rings. The van der Waals surface area contributed by atoms with E-state index in [4.69, 9.17) is 14.2 Å². The van der Waals surface area contributed by atoms with Gasteiger partial charge in [0.2, 0.25) is 5.65 Å². The third-order valence-electron chi connectivity index (χ3n) is 4.34. The second-order valence-corrected chi connectivity index (χ2v) is 6.70. The molecule has 0 aliphatic rings. The molecule has 0 fully saturated rings. The largest absolute Gasteiger partial charge is 0.494 e. The summed E-state index contributed by atoms with van der Waals surface area (Å²) in [4.78, 5) is 25.2. The molecule has 0 aromatic carbocycles. The fraction of sp³-hybridized carbons (Fsp3) is 0.381. The van der Waals surface area contributed by atoms with Gasteiger partial charge in [0.15, 0.2) is 5.82 Å². The molecule has 10 heteroatoms. The number of amides is 1. The molecule has 31 heavy (non-hydrogen) atoms. The Balaban J connectivity index is 2.03. The fourth-order valence-corrected chi connectivity index (χ4v) is 2.85. The average Bonchev–Trinajstić information content (AvgIpc) is 3.13. The summed E-state index contributed by atoms with van der Waals surface area (Å²) >= 11 is 0. The number of aromatic nitrogens is 5. The van der Waals surface area contributed by atoms with Crippen molar-refractivity contribution in [1.82, 2.24) is 29.9 Å². The van der Waals surface area contributed by atoms with Gasteiger partial charge in [-0.25, -0.2) is 14.3 Å². The summed E-state index contributed by atoms with van der Waals surface area (Å²) in [6.45, 7) is 10.0. The van der Waals surface area contributed by atoms with E-state index in [1.807, 2.05) is 13.8 Å². The minimum Gasteiger partial charge on any atom is -0.494 e. The van der Waals surface area contributed by atoms with Gasteiger partial charge in [0.1, 0.15) is 11.9 Å². The Morgan fingerprint density at radius 3 is 2.90 bits per heavy atom. The summed E-state index contributed by atoms with van der Waals surface area (Å²) in [6, 6.07) is 1.74. The predicted molar refractivity (Wildman–Crippen MR) is 114 cm³/mol. The number of methoxy groups -OCH3 is 1. The average molecular weight is 426 g/mol. The number of ether oxygens (including phenoxy) is 3. The molecule has 0 spiro atoms. The van der Waals surface area contributed by atoms with Crippen LogP contribution in [-0.4, -0.2) is 50.9 Å². The van der Waals surface area contributed by atoms with E-state index in [9.17, 15) is 4.79 Å². The lowest BCUT2D eigenvalue weighted by Gasteiger charge is -2.15. The van der Waals surface area contributed by atoms with Crippen LogP contribution < -0.4 is 14.8 Å². The molecule has 0 aliphatic heterocycles. The predicted octanol–water partition coefficient (Wildman–Crippen LogP) is 3.27. The number of pyridine rings is 1. The number of carbonyl (C=O) groups excluding carboxylic acids is 1. The minimum atomic E-state index is -0.585. The lowest BCUT2D eigenvalue weighted by Crippen LogP contribution is -2.25. The summed E-state index contributed by atoms with van der Waals surface area (Å²) in [5.41, 5.74) is 2.42. The van der Waals surface area contributed by atoms with Crippen molar-refractivity contribution >= 4 is 11.7 Å². The summed E-state index contributed by atoms with van der Waals surface area (Å²) in [5.74, 6) is 1.19. The molecule has 1 atom stereocenters.